The van der Waals surface area contributed by atoms with Crippen LogP contribution in [-0.4, -0.2) is 0 Å². The highest BCUT2D eigenvalue weighted by Gasteiger charge is 2.23. The van der Waals surface area contributed by atoms with Gasteiger partial charge in [-0.15, -0.1) is 0 Å². The summed E-state index contributed by atoms with van der Waals surface area (Å²) in [5.41, 5.74) is 3.66. The molecule has 1 saturated carbocycles. The van der Waals surface area contributed by atoms with E-state index in [2.05, 4.69) is 19.9 Å². The quantitative estimate of drug-likeness (QED) is 0.208. The molecule has 204 valence electrons. The van der Waals surface area contributed by atoms with Gasteiger partial charge < -0.3 is 0 Å². The third kappa shape index (κ3) is 7.10. The van der Waals surface area contributed by atoms with E-state index in [1.807, 2.05) is 6.07 Å². The Morgan fingerprint density at radius 2 is 1.26 bits per heavy atom. The summed E-state index contributed by atoms with van der Waals surface area (Å²) in [6, 6.07) is 16.1. The maximum Gasteiger partial charge on any atom is 0.166 e. The molecule has 4 rings (SSSR count). The number of unbranched alkanes of at least 4 members (excludes halogenated alkanes) is 5. The second-order valence-electron chi connectivity index (χ2n) is 11.2. The van der Waals surface area contributed by atoms with Crippen molar-refractivity contribution in [2.45, 2.75) is 103 Å². The summed E-state index contributed by atoms with van der Waals surface area (Å²) < 4.78 is 44.8. The van der Waals surface area contributed by atoms with E-state index < -0.39 is 11.6 Å². The lowest BCUT2D eigenvalue weighted by atomic mass is 9.77. The van der Waals surface area contributed by atoms with Crippen molar-refractivity contribution in [1.29, 1.82) is 0 Å². The zero-order valence-corrected chi connectivity index (χ0v) is 23.2. The van der Waals surface area contributed by atoms with Crippen molar-refractivity contribution in [2.24, 2.45) is 5.92 Å². The van der Waals surface area contributed by atoms with Gasteiger partial charge in [-0.3, -0.25) is 0 Å². The first-order chi connectivity index (χ1) is 18.5. The van der Waals surface area contributed by atoms with Crippen molar-refractivity contribution in [1.82, 2.24) is 0 Å². The molecular formula is C35H43F3. The van der Waals surface area contributed by atoms with Crippen LogP contribution in [0.15, 0.2) is 54.6 Å². The van der Waals surface area contributed by atoms with Crippen LogP contribution in [0, 0.1) is 23.4 Å². The Kier molecular flexibility index (Phi) is 10.5. The molecule has 0 unspecified atom stereocenters. The maximum absolute atomic E-state index is 15.2. The van der Waals surface area contributed by atoms with E-state index in [1.165, 1.54) is 38.5 Å². The van der Waals surface area contributed by atoms with Crippen LogP contribution in [0.25, 0.3) is 22.3 Å². The van der Waals surface area contributed by atoms with Crippen LogP contribution in [-0.2, 0) is 6.42 Å². The summed E-state index contributed by atoms with van der Waals surface area (Å²) in [6.45, 7) is 4.38. The average Bonchev–Trinajstić information content (AvgIpc) is 2.94. The molecule has 0 saturated heterocycles. The molecule has 0 bridgehead atoms. The van der Waals surface area contributed by atoms with Crippen molar-refractivity contribution < 1.29 is 13.2 Å². The molecule has 0 amide bonds. The van der Waals surface area contributed by atoms with Crippen LogP contribution in [0.2, 0.25) is 0 Å². The minimum absolute atomic E-state index is 0.218. The molecule has 0 atom stereocenters. The van der Waals surface area contributed by atoms with E-state index in [1.54, 1.807) is 42.5 Å². The molecule has 0 heterocycles. The van der Waals surface area contributed by atoms with Crippen molar-refractivity contribution in [3.05, 3.63) is 83.2 Å². The minimum Gasteiger partial charge on any atom is -0.206 e. The summed E-state index contributed by atoms with van der Waals surface area (Å²) in [5.74, 6) is -0.498. The first-order valence-electron chi connectivity index (χ1n) is 14.9. The fourth-order valence-corrected chi connectivity index (χ4v) is 6.06. The number of aryl methyl sites for hydroxylation is 1. The van der Waals surface area contributed by atoms with Crippen LogP contribution in [0.5, 0.6) is 0 Å². The molecule has 3 aromatic carbocycles. The lowest BCUT2D eigenvalue weighted by Crippen LogP contribution is -2.13. The van der Waals surface area contributed by atoms with E-state index in [9.17, 15) is 8.78 Å². The zero-order valence-electron chi connectivity index (χ0n) is 23.2. The molecule has 0 nitrogen and oxygen atoms in total. The van der Waals surface area contributed by atoms with Gasteiger partial charge in [-0.25, -0.2) is 13.2 Å². The largest absolute Gasteiger partial charge is 0.206 e. The Labute approximate surface area is 227 Å². The highest BCUT2D eigenvalue weighted by Crippen LogP contribution is 2.39. The monoisotopic (exact) mass is 520 g/mol. The second-order valence-corrected chi connectivity index (χ2v) is 11.2. The highest BCUT2D eigenvalue weighted by molar-refractivity contribution is 5.71. The summed E-state index contributed by atoms with van der Waals surface area (Å²) >= 11 is 0. The van der Waals surface area contributed by atoms with Crippen LogP contribution < -0.4 is 0 Å². The van der Waals surface area contributed by atoms with E-state index >= 15 is 4.39 Å². The lowest BCUT2D eigenvalue weighted by Gasteiger charge is -2.29. The summed E-state index contributed by atoms with van der Waals surface area (Å²) in [4.78, 5) is 0. The number of benzene rings is 3. The van der Waals surface area contributed by atoms with Gasteiger partial charge in [-0.05, 0) is 78.7 Å². The molecule has 1 fully saturated rings. The Bertz CT molecular complexity index is 1160. The molecule has 0 aromatic heterocycles. The molecular weight excluding hydrogens is 477 g/mol. The molecule has 1 aliphatic carbocycles. The van der Waals surface area contributed by atoms with Gasteiger partial charge >= 0.3 is 0 Å². The number of hydrogen-bond acceptors (Lipinski definition) is 0. The van der Waals surface area contributed by atoms with Gasteiger partial charge in [0.2, 0.25) is 0 Å². The first kappa shape index (κ1) is 28.5. The van der Waals surface area contributed by atoms with Gasteiger partial charge in [-0.1, -0.05) is 107 Å². The number of halogens is 3. The Morgan fingerprint density at radius 3 is 1.92 bits per heavy atom. The summed E-state index contributed by atoms with van der Waals surface area (Å²) in [6.07, 6.45) is 14.7. The van der Waals surface area contributed by atoms with E-state index in [0.717, 1.165) is 55.6 Å². The molecule has 3 heteroatoms. The van der Waals surface area contributed by atoms with Crippen LogP contribution >= 0.6 is 0 Å². The molecule has 38 heavy (non-hydrogen) atoms. The Hall–Kier alpha value is -2.55. The maximum atomic E-state index is 15.2. The van der Waals surface area contributed by atoms with Gasteiger partial charge in [-0.2, -0.15) is 0 Å². The molecule has 0 aliphatic heterocycles. The van der Waals surface area contributed by atoms with Crippen molar-refractivity contribution in [2.75, 3.05) is 0 Å². The van der Waals surface area contributed by atoms with Gasteiger partial charge in [0, 0.05) is 11.1 Å². The number of rotatable bonds is 12. The second kappa shape index (κ2) is 14.0. The predicted octanol–water partition coefficient (Wildman–Crippen LogP) is 11.4. The van der Waals surface area contributed by atoms with E-state index in [-0.39, 0.29) is 11.4 Å². The Morgan fingerprint density at radius 1 is 0.632 bits per heavy atom. The summed E-state index contributed by atoms with van der Waals surface area (Å²) in [5, 5.41) is 0. The third-order valence-electron chi connectivity index (χ3n) is 8.50. The van der Waals surface area contributed by atoms with Crippen molar-refractivity contribution in [3.63, 3.8) is 0 Å². The lowest BCUT2D eigenvalue weighted by molar-refractivity contribution is 0.302. The van der Waals surface area contributed by atoms with Gasteiger partial charge in [0.1, 0.15) is 5.82 Å². The fourth-order valence-electron chi connectivity index (χ4n) is 6.06. The van der Waals surface area contributed by atoms with Crippen LogP contribution in [0.1, 0.15) is 108 Å². The normalized spacial score (nSPS) is 17.6. The van der Waals surface area contributed by atoms with Crippen LogP contribution in [0.3, 0.4) is 0 Å². The highest BCUT2D eigenvalue weighted by atomic mass is 19.2. The summed E-state index contributed by atoms with van der Waals surface area (Å²) in [7, 11) is 0. The number of hydrogen-bond donors (Lipinski definition) is 0. The molecule has 3 aromatic rings. The van der Waals surface area contributed by atoms with Gasteiger partial charge in [0.05, 0.1) is 0 Å². The van der Waals surface area contributed by atoms with E-state index in [0.29, 0.717) is 29.0 Å². The van der Waals surface area contributed by atoms with Crippen molar-refractivity contribution >= 4 is 0 Å². The topological polar surface area (TPSA) is 0 Å². The minimum atomic E-state index is -0.804. The average molecular weight is 521 g/mol. The smallest absolute Gasteiger partial charge is 0.166 e. The molecule has 0 radical (unpaired) electrons. The first-order valence-corrected chi connectivity index (χ1v) is 14.9. The standard InChI is InChI=1S/C35H43F3/c1-3-5-7-9-11-29-20-23-32(35(38)34(29)37)28-18-16-27(17-19-28)31-22-21-30(24-33(31)36)26-14-12-25(13-15-26)10-8-6-4-2/h16-26H,3-15H2,1-2H3. The van der Waals surface area contributed by atoms with Gasteiger partial charge in [0.15, 0.2) is 11.6 Å². The molecule has 1 aliphatic rings. The van der Waals surface area contributed by atoms with Crippen LogP contribution in [0.4, 0.5) is 13.2 Å². The van der Waals surface area contributed by atoms with E-state index in [4.69, 9.17) is 0 Å². The zero-order chi connectivity index (χ0) is 26.9. The SMILES string of the molecule is CCCCCCc1ccc(-c2ccc(-c3ccc(C4CCC(CCCCC)CC4)cc3F)cc2)c(F)c1F. The fraction of sp³-hybridized carbons (Fsp3) is 0.486. The predicted molar refractivity (Wildman–Crippen MR) is 154 cm³/mol. The molecule has 0 spiro atoms. The third-order valence-corrected chi connectivity index (χ3v) is 8.50. The van der Waals surface area contributed by atoms with Crippen molar-refractivity contribution in [3.8, 4) is 22.3 Å². The Balaban J connectivity index is 1.41. The van der Waals surface area contributed by atoms with Gasteiger partial charge in [0.25, 0.3) is 0 Å². The molecule has 0 N–H and O–H groups in total.